The Morgan fingerprint density at radius 1 is 0.725 bits per heavy atom. The molecule has 21 nitrogen and oxygen atoms in total. The molecule has 1 amide bonds. The molecule has 0 saturated heterocycles. The highest BCUT2D eigenvalue weighted by molar-refractivity contribution is 8.03. The molecule has 0 spiro atoms. The number of phenols is 6. The number of nitro benzene ring substituents is 1. The number of nitrogens with zero attached hydrogens (tertiary/aromatic N) is 9. The summed E-state index contributed by atoms with van der Waals surface area (Å²) >= 11 is 9.63. The third-order valence-corrected chi connectivity index (χ3v) is 18.9. The molecule has 7 N–H and O–H groups in total. The van der Waals surface area contributed by atoms with Crippen LogP contribution >= 0.6 is 81.5 Å². The number of benzene rings is 5. The highest BCUT2D eigenvalue weighted by atomic mass is 32.2. The van der Waals surface area contributed by atoms with Crippen molar-refractivity contribution in [1.29, 1.82) is 0 Å². The summed E-state index contributed by atoms with van der Waals surface area (Å²) in [7, 11) is 0. The van der Waals surface area contributed by atoms with Gasteiger partial charge in [-0.3, -0.25) is 19.7 Å². The lowest BCUT2D eigenvalue weighted by atomic mass is 9.93. The number of aromatic hydroxyl groups is 6. The van der Waals surface area contributed by atoms with Crippen LogP contribution in [-0.2, 0) is 10.5 Å². The number of anilines is 1. The fraction of sp³-hybridized carbons (Fsp3) is 0.288. The Morgan fingerprint density at radius 3 is 2.06 bits per heavy atom. The van der Waals surface area contributed by atoms with Crippen molar-refractivity contribution in [2.75, 3.05) is 17.8 Å². The number of thioether (sulfide) groups is 3. The Morgan fingerprint density at radius 2 is 1.39 bits per heavy atom. The van der Waals surface area contributed by atoms with Gasteiger partial charge in [-0.2, -0.15) is 4.68 Å². The van der Waals surface area contributed by atoms with E-state index < -0.39 is 10.8 Å². The fourth-order valence-corrected chi connectivity index (χ4v) is 13.5. The Kier molecular flexibility index (Phi) is 22.5. The number of aromatic nitrogens is 8. The molecule has 28 heteroatoms. The van der Waals surface area contributed by atoms with Gasteiger partial charge in [0.15, 0.2) is 35.1 Å². The van der Waals surface area contributed by atoms with E-state index in [1.165, 1.54) is 144 Å². The van der Waals surface area contributed by atoms with Crippen molar-refractivity contribution in [1.82, 2.24) is 40.6 Å². The average Bonchev–Trinajstić information content (AvgIpc) is 4.29. The van der Waals surface area contributed by atoms with Crippen LogP contribution in [0.5, 0.6) is 46.0 Å². The van der Waals surface area contributed by atoms with Crippen LogP contribution in [0.25, 0.3) is 5.69 Å². The Labute approximate surface area is 488 Å². The summed E-state index contributed by atoms with van der Waals surface area (Å²) < 4.78 is 10.2. The van der Waals surface area contributed by atoms with Crippen molar-refractivity contribution in [2.45, 2.75) is 116 Å². The van der Waals surface area contributed by atoms with Crippen molar-refractivity contribution in [3.63, 3.8) is 0 Å². The number of carbonyl (C=O) groups is 2. The molecule has 0 saturated carbocycles. The number of aldehydes is 1. The molecule has 0 bridgehead atoms. The lowest BCUT2D eigenvalue weighted by Gasteiger charge is -2.14. The lowest BCUT2D eigenvalue weighted by Crippen LogP contribution is -2.12. The Hall–Kier alpha value is -6.82. The highest BCUT2D eigenvalue weighted by Crippen LogP contribution is 2.51. The number of hydrogen-bond donors (Lipinski definition) is 7. The van der Waals surface area contributed by atoms with Gasteiger partial charge in [-0.15, -0.1) is 25.5 Å². The van der Waals surface area contributed by atoms with Crippen molar-refractivity contribution < 1.29 is 49.9 Å². The second-order valence-electron chi connectivity index (χ2n) is 17.4. The van der Waals surface area contributed by atoms with Crippen LogP contribution < -0.4 is 10.1 Å². The second-order valence-corrected chi connectivity index (χ2v) is 25.0. The van der Waals surface area contributed by atoms with E-state index in [0.29, 0.717) is 54.6 Å². The molecular formula is C52H54N10O11S7. The number of para-hydroxylation sites is 1. The first-order valence-corrected chi connectivity index (χ1v) is 31.3. The van der Waals surface area contributed by atoms with Crippen LogP contribution in [-0.4, -0.2) is 101 Å². The normalized spacial score (nSPS) is 12.4. The predicted octanol–water partition coefficient (Wildman–Crippen LogP) is 13.4. The number of fused-ring (bicyclic) bond motifs is 1. The number of aryl methyl sites for hydroxylation is 1. The number of rotatable bonds is 23. The van der Waals surface area contributed by atoms with Gasteiger partial charge < -0.3 is 40.7 Å². The molecule has 3 aromatic heterocycles. The minimum absolute atomic E-state index is 0.0108. The highest BCUT2D eigenvalue weighted by Gasteiger charge is 2.36. The maximum atomic E-state index is 12.7. The topological polar surface area (TPSA) is 315 Å². The number of unbranched alkanes of at least 4 members (excludes halogenated alkanes) is 7. The molecule has 80 heavy (non-hydrogen) atoms. The molecule has 0 fully saturated rings. The molecule has 1 atom stereocenters. The van der Waals surface area contributed by atoms with E-state index in [9.17, 15) is 50.3 Å². The quantitative estimate of drug-likeness (QED) is 0.00595. The van der Waals surface area contributed by atoms with E-state index in [-0.39, 0.29) is 63.2 Å². The van der Waals surface area contributed by atoms with Crippen molar-refractivity contribution in [3.8, 4) is 51.7 Å². The molecule has 0 radical (unpaired) electrons. The molecule has 8 aromatic rings. The van der Waals surface area contributed by atoms with Gasteiger partial charge in [0.05, 0.1) is 37.6 Å². The number of hydrogen-bond acceptors (Lipinski definition) is 25. The molecule has 9 rings (SSSR count). The molecule has 0 aliphatic carbocycles. The third kappa shape index (κ3) is 16.2. The fourth-order valence-electron chi connectivity index (χ4n) is 7.77. The van der Waals surface area contributed by atoms with E-state index >= 15 is 0 Å². The Balaban J connectivity index is 0.000000181. The zero-order valence-electron chi connectivity index (χ0n) is 43.3. The van der Waals surface area contributed by atoms with E-state index in [4.69, 9.17) is 4.74 Å². The summed E-state index contributed by atoms with van der Waals surface area (Å²) in [6.45, 7) is 3.83. The van der Waals surface area contributed by atoms with Crippen LogP contribution in [0.4, 0.5) is 11.4 Å². The van der Waals surface area contributed by atoms with E-state index in [0.717, 1.165) is 55.3 Å². The SMILES string of the molecule is CCCCCCCCCCC1C(=O)Nc2c(O)cc(Sc3nnnn3-c3ccccc3)c(O)c21.CSc1nnc(SCc2ccc(Oc3cc(O)c(C)cc3O)c([N+](=O)[O-])c2)s1.CSc1nnc(Sc2cc(O)c(C=O)cc2O)s1. The van der Waals surface area contributed by atoms with E-state index in [2.05, 4.69) is 48.2 Å². The molecule has 1 unspecified atom stereocenters. The van der Waals surface area contributed by atoms with Gasteiger partial charge >= 0.3 is 5.69 Å². The average molecular weight is 1220 g/mol. The molecule has 1 aliphatic rings. The third-order valence-electron chi connectivity index (χ3n) is 11.8. The van der Waals surface area contributed by atoms with Crippen LogP contribution in [0, 0.1) is 17.0 Å². The number of ether oxygens (including phenoxy) is 1. The maximum absolute atomic E-state index is 12.7. The smallest absolute Gasteiger partial charge is 0.311 e. The first-order chi connectivity index (χ1) is 38.6. The van der Waals surface area contributed by atoms with Gasteiger partial charge in [-0.25, -0.2) is 0 Å². The van der Waals surface area contributed by atoms with Crippen LogP contribution in [0.3, 0.4) is 0 Å². The van der Waals surface area contributed by atoms with Crippen LogP contribution in [0.1, 0.15) is 97.7 Å². The van der Waals surface area contributed by atoms with Crippen molar-refractivity contribution in [2.24, 2.45) is 0 Å². The maximum Gasteiger partial charge on any atom is 0.311 e. The first kappa shape index (κ1) is 60.8. The summed E-state index contributed by atoms with van der Waals surface area (Å²) in [4.78, 5) is 35.0. The lowest BCUT2D eigenvalue weighted by molar-refractivity contribution is -0.385. The van der Waals surface area contributed by atoms with Crippen molar-refractivity contribution >= 4 is 105 Å². The van der Waals surface area contributed by atoms with Gasteiger partial charge in [0.25, 0.3) is 0 Å². The predicted molar refractivity (Wildman–Crippen MR) is 312 cm³/mol. The number of amides is 1. The number of nitrogens with one attached hydrogen (secondary N) is 1. The Bertz CT molecular complexity index is 3420. The zero-order chi connectivity index (χ0) is 57.3. The largest absolute Gasteiger partial charge is 0.508 e. The second kappa shape index (κ2) is 29.6. The molecule has 4 heterocycles. The van der Waals surface area contributed by atoms with Gasteiger partial charge in [0, 0.05) is 23.4 Å². The molecule has 420 valence electrons. The van der Waals surface area contributed by atoms with Crippen LogP contribution in [0.15, 0.2) is 111 Å². The van der Waals surface area contributed by atoms with Gasteiger partial charge in [0.1, 0.15) is 28.7 Å². The standard InChI is InChI=1S/C25H31N5O3S.C17H15N3O5S3.C10H8N2O3S3/c1-2-3-4-5-6-7-8-12-15-18-21-22(26-24(18)33)19(31)16-20(23(21)32)34-25-27-28-29-30(25)17-13-10-9-11-14-17;1-9-5-13(22)15(7-12(9)21)25-14-4-3-10(6-11(14)20(23)24)8-27-17-19-18-16(26-2)28-17;1-16-9-11-12-10(18-9)17-8-3-6(14)5(4-13)2-7(8)15/h9-11,13-14,16,18,31-32H,2-8,12,15H2,1H3,(H,26,33);3-7,21-22H,8H2,1-2H3;2-4,14-15H,1H3. The number of tetrazole rings is 1. The summed E-state index contributed by atoms with van der Waals surface area (Å²) in [5.41, 5.74) is 2.56. The summed E-state index contributed by atoms with van der Waals surface area (Å²) in [5, 5.41) is 103. The monoisotopic (exact) mass is 1220 g/mol. The number of nitro groups is 1. The van der Waals surface area contributed by atoms with E-state index in [1.807, 2.05) is 42.8 Å². The summed E-state index contributed by atoms with van der Waals surface area (Å²) in [6, 6.07) is 20.6. The first-order valence-electron chi connectivity index (χ1n) is 24.6. The van der Waals surface area contributed by atoms with Gasteiger partial charge in [0.2, 0.25) is 16.8 Å². The van der Waals surface area contributed by atoms with Crippen molar-refractivity contribution in [3.05, 3.63) is 111 Å². The molecule has 5 aromatic carbocycles. The minimum atomic E-state index is -0.550. The summed E-state index contributed by atoms with van der Waals surface area (Å²) in [6.07, 6.45) is 14.4. The minimum Gasteiger partial charge on any atom is -0.508 e. The van der Waals surface area contributed by atoms with Gasteiger partial charge in [-0.05, 0) is 102 Å². The van der Waals surface area contributed by atoms with E-state index in [1.54, 1.807) is 17.7 Å². The van der Waals surface area contributed by atoms with Gasteiger partial charge in [-0.1, -0.05) is 152 Å². The number of phenolic OH excluding ortho intramolecular Hbond substituents is 6. The molecular weight excluding hydrogens is 1170 g/mol. The molecule has 1 aliphatic heterocycles. The summed E-state index contributed by atoms with van der Waals surface area (Å²) in [5.74, 6) is -0.878. The van der Waals surface area contributed by atoms with Crippen LogP contribution in [0.2, 0.25) is 0 Å². The number of carbonyl (C=O) groups excluding carboxylic acids is 2. The zero-order valence-corrected chi connectivity index (χ0v) is 49.1.